The van der Waals surface area contributed by atoms with Gasteiger partial charge in [0, 0.05) is 30.7 Å². The molecule has 0 bridgehead atoms. The quantitative estimate of drug-likeness (QED) is 0.919. The van der Waals surface area contributed by atoms with E-state index in [0.717, 1.165) is 0 Å². The van der Waals surface area contributed by atoms with Gasteiger partial charge in [-0.15, -0.1) is 0 Å². The molecule has 126 valence electrons. The molecular weight excluding hydrogens is 302 g/mol. The van der Waals surface area contributed by atoms with Gasteiger partial charge in [0.25, 0.3) is 0 Å². The summed E-state index contributed by atoms with van der Waals surface area (Å²) in [5, 5.41) is 14.1. The van der Waals surface area contributed by atoms with Crippen molar-refractivity contribution < 1.29 is 13.5 Å². The molecule has 6 nitrogen and oxygen atoms in total. The number of sulfonamides is 1. The fourth-order valence-electron chi connectivity index (χ4n) is 2.57. The van der Waals surface area contributed by atoms with Crippen molar-refractivity contribution in [2.75, 3.05) is 13.1 Å². The summed E-state index contributed by atoms with van der Waals surface area (Å²) < 4.78 is 29.2. The van der Waals surface area contributed by atoms with Crippen molar-refractivity contribution >= 4 is 10.0 Å². The highest BCUT2D eigenvalue weighted by Gasteiger charge is 2.35. The molecule has 1 N–H and O–H groups in total. The topological polar surface area (TPSA) is 75.4 Å². The van der Waals surface area contributed by atoms with Gasteiger partial charge in [0.2, 0.25) is 10.0 Å². The number of hydrogen-bond donors (Lipinski definition) is 1. The zero-order chi connectivity index (χ0) is 16.7. The highest BCUT2D eigenvalue weighted by Crippen LogP contribution is 2.31. The monoisotopic (exact) mass is 329 g/mol. The van der Waals surface area contributed by atoms with Crippen LogP contribution in [0.5, 0.6) is 0 Å². The third-order valence-corrected chi connectivity index (χ3v) is 5.88. The number of hydrogen-bond acceptors (Lipinski definition) is 4. The number of aliphatic hydroxyl groups excluding tert-OH is 1. The maximum atomic E-state index is 13.0. The standard InChI is InChI=1S/C15H27N3O3S/c1-11(2)18-10-13(14(16-18)15(3,4)5)22(20,21)17-8-6-12(19)7-9-17/h10-12,19H,6-9H2,1-5H3. The van der Waals surface area contributed by atoms with Crippen molar-refractivity contribution in [3.05, 3.63) is 11.9 Å². The number of piperidine rings is 1. The summed E-state index contributed by atoms with van der Waals surface area (Å²) in [6.45, 7) is 10.6. The molecule has 1 aliphatic rings. The van der Waals surface area contributed by atoms with Crippen molar-refractivity contribution in [1.29, 1.82) is 0 Å². The smallest absolute Gasteiger partial charge is 0.246 e. The molecule has 0 unspecified atom stereocenters. The van der Waals surface area contributed by atoms with Crippen molar-refractivity contribution in [3.63, 3.8) is 0 Å². The minimum Gasteiger partial charge on any atom is -0.393 e. The van der Waals surface area contributed by atoms with E-state index in [2.05, 4.69) is 5.10 Å². The minimum absolute atomic E-state index is 0.105. The second kappa shape index (κ2) is 5.94. The second-order valence-electron chi connectivity index (χ2n) is 7.30. The molecule has 0 aliphatic carbocycles. The lowest BCUT2D eigenvalue weighted by molar-refractivity contribution is 0.113. The maximum Gasteiger partial charge on any atom is 0.246 e. The average molecular weight is 329 g/mol. The van der Waals surface area contributed by atoms with Crippen LogP contribution in [0.1, 0.15) is 59.2 Å². The summed E-state index contributed by atoms with van der Waals surface area (Å²) in [5.74, 6) is 0. The van der Waals surface area contributed by atoms with Crippen LogP contribution in [0.15, 0.2) is 11.1 Å². The fourth-order valence-corrected chi connectivity index (χ4v) is 4.37. The molecule has 1 aromatic rings. The number of nitrogens with zero attached hydrogens (tertiary/aromatic N) is 3. The summed E-state index contributed by atoms with van der Waals surface area (Å²) in [6, 6.07) is 0.105. The van der Waals surface area contributed by atoms with Crippen LogP contribution in [0.4, 0.5) is 0 Å². The second-order valence-corrected chi connectivity index (χ2v) is 9.21. The van der Waals surface area contributed by atoms with Gasteiger partial charge in [-0.1, -0.05) is 20.8 Å². The van der Waals surface area contributed by atoms with E-state index >= 15 is 0 Å². The molecule has 0 aromatic carbocycles. The lowest BCUT2D eigenvalue weighted by Gasteiger charge is -2.29. The predicted molar refractivity (Wildman–Crippen MR) is 85.3 cm³/mol. The summed E-state index contributed by atoms with van der Waals surface area (Å²) >= 11 is 0. The molecule has 0 atom stereocenters. The van der Waals surface area contributed by atoms with Crippen molar-refractivity contribution in [2.24, 2.45) is 0 Å². The molecule has 2 rings (SSSR count). The van der Waals surface area contributed by atoms with Gasteiger partial charge in [-0.3, -0.25) is 4.68 Å². The molecular formula is C15H27N3O3S. The Morgan fingerprint density at radius 2 is 1.82 bits per heavy atom. The molecule has 1 aliphatic heterocycles. The van der Waals surface area contributed by atoms with Gasteiger partial charge < -0.3 is 5.11 Å². The Balaban J connectivity index is 2.46. The van der Waals surface area contributed by atoms with E-state index in [4.69, 9.17) is 0 Å². The molecule has 2 heterocycles. The molecule has 0 amide bonds. The van der Waals surface area contributed by atoms with Crippen molar-refractivity contribution in [3.8, 4) is 0 Å². The van der Waals surface area contributed by atoms with E-state index in [1.807, 2.05) is 34.6 Å². The first-order valence-electron chi connectivity index (χ1n) is 7.81. The van der Waals surface area contributed by atoms with E-state index in [1.54, 1.807) is 10.9 Å². The first-order valence-corrected chi connectivity index (χ1v) is 9.25. The highest BCUT2D eigenvalue weighted by molar-refractivity contribution is 7.89. The van der Waals surface area contributed by atoms with Crippen LogP contribution in [0, 0.1) is 0 Å². The van der Waals surface area contributed by atoms with Crippen LogP contribution in [0.2, 0.25) is 0 Å². The van der Waals surface area contributed by atoms with Gasteiger partial charge >= 0.3 is 0 Å². The summed E-state index contributed by atoms with van der Waals surface area (Å²) in [7, 11) is -3.57. The third kappa shape index (κ3) is 3.36. The van der Waals surface area contributed by atoms with Crippen LogP contribution in [-0.2, 0) is 15.4 Å². The minimum atomic E-state index is -3.57. The molecule has 7 heteroatoms. The Morgan fingerprint density at radius 3 is 2.27 bits per heavy atom. The normalized spacial score (nSPS) is 19.0. The van der Waals surface area contributed by atoms with Crippen LogP contribution >= 0.6 is 0 Å². The molecule has 1 fully saturated rings. The molecule has 1 aromatic heterocycles. The van der Waals surface area contributed by atoms with Gasteiger partial charge in [-0.2, -0.15) is 9.40 Å². The Kier molecular flexibility index (Phi) is 4.71. The van der Waals surface area contributed by atoms with Gasteiger partial charge in [-0.25, -0.2) is 8.42 Å². The number of aromatic nitrogens is 2. The average Bonchev–Trinajstić information content (AvgIpc) is 2.85. The first kappa shape index (κ1) is 17.4. The van der Waals surface area contributed by atoms with E-state index in [-0.39, 0.29) is 11.5 Å². The molecule has 0 radical (unpaired) electrons. The van der Waals surface area contributed by atoms with Crippen LogP contribution in [0.3, 0.4) is 0 Å². The number of rotatable bonds is 3. The lowest BCUT2D eigenvalue weighted by Crippen LogP contribution is -2.40. The van der Waals surface area contributed by atoms with E-state index < -0.39 is 16.1 Å². The van der Waals surface area contributed by atoms with Crippen molar-refractivity contribution in [1.82, 2.24) is 14.1 Å². The lowest BCUT2D eigenvalue weighted by atomic mass is 9.92. The van der Waals surface area contributed by atoms with Crippen LogP contribution < -0.4 is 0 Å². The first-order chi connectivity index (χ1) is 10.0. The van der Waals surface area contributed by atoms with Crippen molar-refractivity contribution in [2.45, 2.75) is 69.9 Å². The Morgan fingerprint density at radius 1 is 1.27 bits per heavy atom. The maximum absolute atomic E-state index is 13.0. The van der Waals surface area contributed by atoms with Gasteiger partial charge in [0.1, 0.15) is 4.90 Å². The molecule has 0 saturated carbocycles. The van der Waals surface area contributed by atoms with Gasteiger partial charge in [0.05, 0.1) is 11.8 Å². The Bertz CT molecular complexity index is 621. The van der Waals surface area contributed by atoms with Crippen LogP contribution in [0.25, 0.3) is 0 Å². The Hall–Kier alpha value is -0.920. The van der Waals surface area contributed by atoms with E-state index in [1.165, 1.54) is 4.31 Å². The highest BCUT2D eigenvalue weighted by atomic mass is 32.2. The summed E-state index contributed by atoms with van der Waals surface area (Å²) in [5.41, 5.74) is 0.255. The van der Waals surface area contributed by atoms with E-state index in [9.17, 15) is 13.5 Å². The fraction of sp³-hybridized carbons (Fsp3) is 0.800. The largest absolute Gasteiger partial charge is 0.393 e. The molecule has 22 heavy (non-hydrogen) atoms. The molecule has 1 saturated heterocycles. The Labute approximate surface area is 133 Å². The summed E-state index contributed by atoms with van der Waals surface area (Å²) in [6.07, 6.45) is 2.23. The summed E-state index contributed by atoms with van der Waals surface area (Å²) in [4.78, 5) is 0.296. The SMILES string of the molecule is CC(C)n1cc(S(=O)(=O)N2CCC(O)CC2)c(C(C)(C)C)n1. The third-order valence-electron chi connectivity index (χ3n) is 3.98. The van der Waals surface area contributed by atoms with E-state index in [0.29, 0.717) is 36.5 Å². The zero-order valence-corrected chi connectivity index (χ0v) is 14.9. The van der Waals surface area contributed by atoms with Crippen LogP contribution in [-0.4, -0.2) is 46.8 Å². The predicted octanol–water partition coefficient (Wildman–Crippen LogP) is 1.91. The number of aliphatic hydroxyl groups is 1. The van der Waals surface area contributed by atoms with Gasteiger partial charge in [-0.05, 0) is 26.7 Å². The zero-order valence-electron chi connectivity index (χ0n) is 14.1. The van der Waals surface area contributed by atoms with Gasteiger partial charge in [0.15, 0.2) is 0 Å². The molecule has 0 spiro atoms.